The first kappa shape index (κ1) is 18.1. The fourth-order valence-corrected chi connectivity index (χ4v) is 2.05. The molecule has 0 saturated carbocycles. The summed E-state index contributed by atoms with van der Waals surface area (Å²) < 4.78 is 24.3. The van der Waals surface area contributed by atoms with E-state index in [4.69, 9.17) is 25.9 Å². The summed E-state index contributed by atoms with van der Waals surface area (Å²) in [6.07, 6.45) is 4.31. The van der Waals surface area contributed by atoms with Gasteiger partial charge in [-0.2, -0.15) is 0 Å². The molecule has 0 bridgehead atoms. The minimum Gasteiger partial charge on any atom is -0.492 e. The molecule has 6 heteroatoms. The second-order valence-electron chi connectivity index (χ2n) is 4.74. The molecule has 0 heterocycles. The van der Waals surface area contributed by atoms with Crippen LogP contribution in [0.15, 0.2) is 54.7 Å². The van der Waals surface area contributed by atoms with Gasteiger partial charge < -0.3 is 9.47 Å². The highest BCUT2D eigenvalue weighted by Crippen LogP contribution is 2.31. The van der Waals surface area contributed by atoms with Crippen LogP contribution in [0.5, 0.6) is 17.2 Å². The van der Waals surface area contributed by atoms with Crippen molar-refractivity contribution in [3.63, 3.8) is 0 Å². The summed E-state index contributed by atoms with van der Waals surface area (Å²) in [5.41, 5.74) is 2.67. The van der Waals surface area contributed by atoms with Gasteiger partial charge in [0.15, 0.2) is 0 Å². The highest BCUT2D eigenvalue weighted by Gasteiger charge is 2.05. The van der Waals surface area contributed by atoms with Crippen molar-refractivity contribution in [2.24, 2.45) is 0 Å². The summed E-state index contributed by atoms with van der Waals surface area (Å²) in [4.78, 5) is 4.95. The van der Waals surface area contributed by atoms with Crippen molar-refractivity contribution in [1.29, 1.82) is 0 Å². The molecule has 4 nitrogen and oxygen atoms in total. The maximum Gasteiger partial charge on any atom is 0.138 e. The summed E-state index contributed by atoms with van der Waals surface area (Å²) in [5.74, 6) is 1.13. The number of hydroxylamine groups is 1. The molecule has 2 aromatic rings. The summed E-state index contributed by atoms with van der Waals surface area (Å²) in [5, 5.41) is 0.431. The van der Waals surface area contributed by atoms with Crippen molar-refractivity contribution in [3.05, 3.63) is 65.6 Å². The molecule has 0 amide bonds. The predicted octanol–water partition coefficient (Wildman–Crippen LogP) is 5.10. The molecule has 0 radical (unpaired) electrons. The highest BCUT2D eigenvalue weighted by atomic mass is 35.5. The number of hydrogen-bond donors (Lipinski definition) is 1. The van der Waals surface area contributed by atoms with E-state index in [9.17, 15) is 4.39 Å². The van der Waals surface area contributed by atoms with Crippen molar-refractivity contribution in [3.8, 4) is 17.2 Å². The maximum absolute atomic E-state index is 13.1. The van der Waals surface area contributed by atoms with E-state index in [1.54, 1.807) is 36.5 Å². The molecule has 0 saturated heterocycles. The van der Waals surface area contributed by atoms with E-state index in [0.29, 0.717) is 41.9 Å². The van der Waals surface area contributed by atoms with Crippen LogP contribution in [-0.4, -0.2) is 13.2 Å². The molecule has 0 aliphatic heterocycles. The zero-order valence-electron chi connectivity index (χ0n) is 13.3. The van der Waals surface area contributed by atoms with E-state index in [1.807, 2.05) is 13.0 Å². The van der Waals surface area contributed by atoms with Gasteiger partial charge in [-0.3, -0.25) is 10.3 Å². The summed E-state index contributed by atoms with van der Waals surface area (Å²) in [6, 6.07) is 11.0. The summed E-state index contributed by atoms with van der Waals surface area (Å²) in [6.45, 7) is 2.97. The average Bonchev–Trinajstić information content (AvgIpc) is 2.56. The second-order valence-corrected chi connectivity index (χ2v) is 5.15. The van der Waals surface area contributed by atoms with Crippen LogP contribution in [0.3, 0.4) is 0 Å². The molecule has 2 aromatic carbocycles. The molecular weight excluding hydrogens is 333 g/mol. The molecule has 0 atom stereocenters. The van der Waals surface area contributed by atoms with Crippen molar-refractivity contribution >= 4 is 11.6 Å². The molecule has 1 N–H and O–H groups in total. The smallest absolute Gasteiger partial charge is 0.138 e. The van der Waals surface area contributed by atoms with E-state index in [-0.39, 0.29) is 5.82 Å². The van der Waals surface area contributed by atoms with Gasteiger partial charge in [-0.05, 0) is 31.2 Å². The Kier molecular flexibility index (Phi) is 7.39. The Morgan fingerprint density at radius 1 is 1.17 bits per heavy atom. The van der Waals surface area contributed by atoms with Crippen LogP contribution in [0, 0.1) is 5.82 Å². The normalized spacial score (nSPS) is 10.8. The number of halogens is 2. The van der Waals surface area contributed by atoms with E-state index in [1.165, 1.54) is 12.1 Å². The first-order valence-electron chi connectivity index (χ1n) is 7.57. The Balaban J connectivity index is 1.84. The standard InChI is InChI=1S/C18H19ClFNO3/c1-2-23-21-10-3-4-11-22-18-9-8-16(13-17(18)19)24-15-7-5-6-14(20)12-15/h3,5-10,12-13,21H,2,4,11H2,1H3. The van der Waals surface area contributed by atoms with E-state index < -0.39 is 0 Å². The fraction of sp³-hybridized carbons (Fsp3) is 0.222. The number of hydrogen-bond acceptors (Lipinski definition) is 4. The molecule has 0 unspecified atom stereocenters. The quantitative estimate of drug-likeness (QED) is 0.504. The Morgan fingerprint density at radius 2 is 2.00 bits per heavy atom. The van der Waals surface area contributed by atoms with Gasteiger partial charge in [-0.1, -0.05) is 23.7 Å². The van der Waals surface area contributed by atoms with Gasteiger partial charge in [-0.25, -0.2) is 4.39 Å². The summed E-state index contributed by atoms with van der Waals surface area (Å²) >= 11 is 6.18. The van der Waals surface area contributed by atoms with Crippen LogP contribution in [0.4, 0.5) is 4.39 Å². The monoisotopic (exact) mass is 351 g/mol. The maximum atomic E-state index is 13.1. The molecule has 128 valence electrons. The lowest BCUT2D eigenvalue weighted by molar-refractivity contribution is 0.0823. The number of benzene rings is 2. The highest BCUT2D eigenvalue weighted by molar-refractivity contribution is 6.32. The van der Waals surface area contributed by atoms with Gasteiger partial charge in [0.2, 0.25) is 0 Å². The first-order valence-corrected chi connectivity index (χ1v) is 7.95. The molecule has 24 heavy (non-hydrogen) atoms. The Bertz CT molecular complexity index is 679. The minimum absolute atomic E-state index is 0.356. The third-order valence-electron chi connectivity index (χ3n) is 2.89. The zero-order chi connectivity index (χ0) is 17.2. The molecular formula is C18H19ClFNO3. The molecule has 0 spiro atoms. The lowest BCUT2D eigenvalue weighted by Gasteiger charge is -2.10. The summed E-state index contributed by atoms with van der Waals surface area (Å²) in [7, 11) is 0. The largest absolute Gasteiger partial charge is 0.492 e. The molecule has 0 fully saturated rings. The molecule has 0 aliphatic rings. The van der Waals surface area contributed by atoms with Crippen molar-refractivity contribution in [1.82, 2.24) is 5.48 Å². The molecule has 0 aliphatic carbocycles. The van der Waals surface area contributed by atoms with E-state index in [2.05, 4.69) is 5.48 Å². The topological polar surface area (TPSA) is 39.7 Å². The average molecular weight is 352 g/mol. The lowest BCUT2D eigenvalue weighted by Crippen LogP contribution is -2.05. The number of ether oxygens (including phenoxy) is 2. The first-order chi connectivity index (χ1) is 11.7. The van der Waals surface area contributed by atoms with Crippen molar-refractivity contribution in [2.45, 2.75) is 13.3 Å². The Hall–Kier alpha value is -2.24. The minimum atomic E-state index is -0.356. The SMILES string of the molecule is CCONC=CCCOc1ccc(Oc2cccc(F)c2)cc1Cl. The number of nitrogens with one attached hydrogen (secondary N) is 1. The van der Waals surface area contributed by atoms with Gasteiger partial charge in [-0.15, -0.1) is 0 Å². The second kappa shape index (κ2) is 9.80. The van der Waals surface area contributed by atoms with Crippen LogP contribution in [0.2, 0.25) is 5.02 Å². The third-order valence-corrected chi connectivity index (χ3v) is 3.19. The van der Waals surface area contributed by atoms with Crippen LogP contribution >= 0.6 is 11.6 Å². The van der Waals surface area contributed by atoms with Gasteiger partial charge >= 0.3 is 0 Å². The molecule has 2 rings (SSSR count). The van der Waals surface area contributed by atoms with Crippen LogP contribution < -0.4 is 15.0 Å². The lowest BCUT2D eigenvalue weighted by atomic mass is 10.3. The van der Waals surface area contributed by atoms with Crippen LogP contribution in [0.1, 0.15) is 13.3 Å². The van der Waals surface area contributed by atoms with Gasteiger partial charge in [0.1, 0.15) is 23.1 Å². The van der Waals surface area contributed by atoms with Gasteiger partial charge in [0, 0.05) is 24.8 Å². The fourth-order valence-electron chi connectivity index (χ4n) is 1.83. The van der Waals surface area contributed by atoms with Crippen LogP contribution in [0.25, 0.3) is 0 Å². The third kappa shape index (κ3) is 6.10. The van der Waals surface area contributed by atoms with Crippen LogP contribution in [-0.2, 0) is 4.84 Å². The number of rotatable bonds is 9. The van der Waals surface area contributed by atoms with Crippen molar-refractivity contribution in [2.75, 3.05) is 13.2 Å². The van der Waals surface area contributed by atoms with E-state index >= 15 is 0 Å². The zero-order valence-corrected chi connectivity index (χ0v) is 14.1. The van der Waals surface area contributed by atoms with E-state index in [0.717, 1.165) is 0 Å². The van der Waals surface area contributed by atoms with Gasteiger partial charge in [0.25, 0.3) is 0 Å². The predicted molar refractivity (Wildman–Crippen MR) is 91.9 cm³/mol. The van der Waals surface area contributed by atoms with Crippen molar-refractivity contribution < 1.29 is 18.7 Å². The van der Waals surface area contributed by atoms with Gasteiger partial charge in [0.05, 0.1) is 18.2 Å². The molecule has 0 aromatic heterocycles. The Morgan fingerprint density at radius 3 is 2.75 bits per heavy atom. The Labute approximate surface area is 145 Å².